The van der Waals surface area contributed by atoms with E-state index in [0.29, 0.717) is 11.3 Å². The topological polar surface area (TPSA) is 52.6 Å². The van der Waals surface area contributed by atoms with Crippen LogP contribution in [0, 0.1) is 0 Å². The molecular formula is C18H22O4. The van der Waals surface area contributed by atoms with Crippen molar-refractivity contribution >= 4 is 11.8 Å². The highest BCUT2D eigenvalue weighted by atomic mass is 16.7. The van der Waals surface area contributed by atoms with Crippen LogP contribution in [0.5, 0.6) is 0 Å². The number of hydrogen-bond acceptors (Lipinski definition) is 4. The highest BCUT2D eigenvalue weighted by Gasteiger charge is 2.30. The van der Waals surface area contributed by atoms with Crippen molar-refractivity contribution in [2.24, 2.45) is 0 Å². The van der Waals surface area contributed by atoms with Crippen molar-refractivity contribution < 1.29 is 19.1 Å². The highest BCUT2D eigenvalue weighted by Crippen LogP contribution is 2.25. The number of esters is 1. The summed E-state index contributed by atoms with van der Waals surface area (Å²) in [7, 11) is 0. The minimum Gasteiger partial charge on any atom is -0.456 e. The van der Waals surface area contributed by atoms with Crippen molar-refractivity contribution in [2.45, 2.75) is 52.2 Å². The Kier molecular flexibility index (Phi) is 5.01. The van der Waals surface area contributed by atoms with E-state index in [2.05, 4.69) is 6.92 Å². The molecule has 0 fully saturated rings. The van der Waals surface area contributed by atoms with Gasteiger partial charge in [-0.3, -0.25) is 4.79 Å². The summed E-state index contributed by atoms with van der Waals surface area (Å²) in [6, 6.07) is 7.63. The zero-order chi connectivity index (χ0) is 16.2. The van der Waals surface area contributed by atoms with E-state index >= 15 is 0 Å². The van der Waals surface area contributed by atoms with Gasteiger partial charge in [0.15, 0.2) is 5.78 Å². The molecule has 0 spiro atoms. The summed E-state index contributed by atoms with van der Waals surface area (Å²) in [5, 5.41) is 0. The predicted octanol–water partition coefficient (Wildman–Crippen LogP) is 3.80. The van der Waals surface area contributed by atoms with Gasteiger partial charge in [-0.25, -0.2) is 4.79 Å². The van der Waals surface area contributed by atoms with E-state index in [0.717, 1.165) is 19.3 Å². The van der Waals surface area contributed by atoms with Crippen molar-refractivity contribution in [3.05, 3.63) is 47.2 Å². The Morgan fingerprint density at radius 2 is 1.82 bits per heavy atom. The molecule has 1 aliphatic rings. The molecule has 0 aliphatic carbocycles. The third kappa shape index (κ3) is 4.45. The Bertz CT molecular complexity index is 582. The third-order valence-corrected chi connectivity index (χ3v) is 3.43. The molecule has 4 nitrogen and oxygen atoms in total. The fourth-order valence-electron chi connectivity index (χ4n) is 2.35. The lowest BCUT2D eigenvalue weighted by molar-refractivity contribution is -0.205. The number of benzene rings is 1. The largest absolute Gasteiger partial charge is 0.456 e. The normalized spacial score (nSPS) is 16.5. The maximum absolute atomic E-state index is 12.3. The molecule has 1 heterocycles. The number of allylic oxidation sites excluding steroid dienone is 1. The molecule has 0 radical (unpaired) electrons. The highest BCUT2D eigenvalue weighted by molar-refractivity contribution is 5.98. The number of aryl methyl sites for hydroxylation is 1. The van der Waals surface area contributed by atoms with Gasteiger partial charge in [-0.15, -0.1) is 0 Å². The van der Waals surface area contributed by atoms with Crippen LogP contribution in [-0.4, -0.2) is 17.5 Å². The minimum absolute atomic E-state index is 0.0623. The maximum atomic E-state index is 12.3. The number of unbranched alkanes of at least 4 members (excludes halogenated alkanes) is 1. The molecule has 0 atom stereocenters. The number of rotatable bonds is 6. The first-order valence-corrected chi connectivity index (χ1v) is 7.64. The molecule has 0 aromatic heterocycles. The summed E-state index contributed by atoms with van der Waals surface area (Å²) in [6.07, 6.45) is 4.62. The van der Waals surface area contributed by atoms with E-state index in [1.165, 1.54) is 11.6 Å². The van der Waals surface area contributed by atoms with Crippen LogP contribution in [0.15, 0.2) is 36.1 Å². The first-order valence-electron chi connectivity index (χ1n) is 7.64. The van der Waals surface area contributed by atoms with Gasteiger partial charge in [0.05, 0.1) is 12.5 Å². The Morgan fingerprint density at radius 3 is 2.41 bits per heavy atom. The predicted molar refractivity (Wildman–Crippen MR) is 83.3 cm³/mol. The Balaban J connectivity index is 2.01. The Morgan fingerprint density at radius 1 is 1.14 bits per heavy atom. The van der Waals surface area contributed by atoms with Crippen LogP contribution in [0.1, 0.15) is 56.0 Å². The van der Waals surface area contributed by atoms with Crippen LogP contribution in [0.3, 0.4) is 0 Å². The second kappa shape index (κ2) is 6.77. The second-order valence-corrected chi connectivity index (χ2v) is 5.93. The quantitative estimate of drug-likeness (QED) is 0.592. The lowest BCUT2D eigenvalue weighted by Crippen LogP contribution is -2.34. The van der Waals surface area contributed by atoms with E-state index in [-0.39, 0.29) is 12.2 Å². The number of cyclic esters (lactones) is 1. The molecule has 1 aromatic rings. The van der Waals surface area contributed by atoms with E-state index < -0.39 is 11.8 Å². The summed E-state index contributed by atoms with van der Waals surface area (Å²) >= 11 is 0. The number of ketones is 1. The SMILES string of the molecule is CCCCc1ccc(C(=O)CC2=CC(=O)OC(C)(C)O2)cc1. The smallest absolute Gasteiger partial charge is 0.337 e. The molecule has 0 N–H and O–H groups in total. The van der Waals surface area contributed by atoms with Gasteiger partial charge in [0.25, 0.3) is 0 Å². The van der Waals surface area contributed by atoms with Crippen molar-refractivity contribution in [3.8, 4) is 0 Å². The molecule has 0 bridgehead atoms. The van der Waals surface area contributed by atoms with Crippen LogP contribution < -0.4 is 0 Å². The molecule has 0 saturated carbocycles. The van der Waals surface area contributed by atoms with Crippen LogP contribution in [-0.2, 0) is 20.7 Å². The van der Waals surface area contributed by atoms with Crippen molar-refractivity contribution in [1.29, 1.82) is 0 Å². The average molecular weight is 302 g/mol. The molecular weight excluding hydrogens is 280 g/mol. The van der Waals surface area contributed by atoms with Crippen LogP contribution >= 0.6 is 0 Å². The van der Waals surface area contributed by atoms with E-state index in [9.17, 15) is 9.59 Å². The number of hydrogen-bond donors (Lipinski definition) is 0. The molecule has 22 heavy (non-hydrogen) atoms. The summed E-state index contributed by atoms with van der Waals surface area (Å²) in [5.74, 6) is -1.22. The molecule has 0 amide bonds. The van der Waals surface area contributed by atoms with Gasteiger partial charge in [0.1, 0.15) is 5.76 Å². The fourth-order valence-corrected chi connectivity index (χ4v) is 2.35. The van der Waals surface area contributed by atoms with Gasteiger partial charge in [0, 0.05) is 19.4 Å². The molecule has 4 heteroatoms. The van der Waals surface area contributed by atoms with Crippen LogP contribution in [0.2, 0.25) is 0 Å². The first kappa shape index (κ1) is 16.3. The van der Waals surface area contributed by atoms with Gasteiger partial charge in [0.2, 0.25) is 5.79 Å². The number of ether oxygens (including phenoxy) is 2. The summed E-state index contributed by atoms with van der Waals surface area (Å²) in [5.41, 5.74) is 1.86. The maximum Gasteiger partial charge on any atom is 0.337 e. The van der Waals surface area contributed by atoms with Gasteiger partial charge in [-0.05, 0) is 18.4 Å². The Hall–Kier alpha value is -2.10. The molecule has 2 rings (SSSR count). The van der Waals surface area contributed by atoms with E-state index in [1.54, 1.807) is 13.8 Å². The van der Waals surface area contributed by atoms with Gasteiger partial charge in [-0.2, -0.15) is 0 Å². The lowest BCUT2D eigenvalue weighted by Gasteiger charge is -2.30. The van der Waals surface area contributed by atoms with Crippen LogP contribution in [0.25, 0.3) is 0 Å². The second-order valence-electron chi connectivity index (χ2n) is 5.93. The van der Waals surface area contributed by atoms with E-state index in [4.69, 9.17) is 9.47 Å². The average Bonchev–Trinajstić information content (AvgIpc) is 2.43. The van der Waals surface area contributed by atoms with Crippen molar-refractivity contribution in [3.63, 3.8) is 0 Å². The standard InChI is InChI=1S/C18H22O4/c1-4-5-6-13-7-9-14(10-8-13)16(19)11-15-12-17(20)22-18(2,3)21-15/h7-10,12H,4-6,11H2,1-3H3. The van der Waals surface area contributed by atoms with E-state index in [1.807, 2.05) is 24.3 Å². The first-order chi connectivity index (χ1) is 10.4. The third-order valence-electron chi connectivity index (χ3n) is 3.43. The molecule has 0 unspecified atom stereocenters. The molecule has 118 valence electrons. The fraction of sp³-hybridized carbons (Fsp3) is 0.444. The molecule has 0 saturated heterocycles. The number of carbonyl (C=O) groups is 2. The number of Topliss-reactive ketones (excluding diaryl/α,β-unsaturated/α-hetero) is 1. The van der Waals surface area contributed by atoms with Gasteiger partial charge in [-0.1, -0.05) is 37.6 Å². The monoisotopic (exact) mass is 302 g/mol. The number of carbonyl (C=O) groups excluding carboxylic acids is 2. The van der Waals surface area contributed by atoms with Gasteiger partial charge < -0.3 is 9.47 Å². The molecule has 1 aromatic carbocycles. The van der Waals surface area contributed by atoms with Gasteiger partial charge >= 0.3 is 5.97 Å². The van der Waals surface area contributed by atoms with Crippen LogP contribution in [0.4, 0.5) is 0 Å². The summed E-state index contributed by atoms with van der Waals surface area (Å²) in [6.45, 7) is 5.44. The molecule has 1 aliphatic heterocycles. The Labute approximate surface area is 131 Å². The zero-order valence-corrected chi connectivity index (χ0v) is 13.3. The van der Waals surface area contributed by atoms with Crippen molar-refractivity contribution in [2.75, 3.05) is 0 Å². The minimum atomic E-state index is -1.02. The summed E-state index contributed by atoms with van der Waals surface area (Å²) < 4.78 is 10.5. The lowest BCUT2D eigenvalue weighted by atomic mass is 10.0. The van der Waals surface area contributed by atoms with Crippen molar-refractivity contribution in [1.82, 2.24) is 0 Å². The zero-order valence-electron chi connectivity index (χ0n) is 13.3. The summed E-state index contributed by atoms with van der Waals surface area (Å²) in [4.78, 5) is 23.7.